The van der Waals surface area contributed by atoms with Crippen molar-refractivity contribution < 1.29 is 9.90 Å². The number of anilines is 1. The molecule has 0 saturated carbocycles. The van der Waals surface area contributed by atoms with Crippen LogP contribution in [-0.4, -0.2) is 28.5 Å². The van der Waals surface area contributed by atoms with Crippen LogP contribution in [0.3, 0.4) is 0 Å². The molecular formula is C10H11ClN3O2-. The van der Waals surface area contributed by atoms with Crippen molar-refractivity contribution in [3.8, 4) is 0 Å². The first-order valence-corrected chi connectivity index (χ1v) is 5.44. The van der Waals surface area contributed by atoms with Crippen molar-refractivity contribution in [2.24, 2.45) is 0 Å². The van der Waals surface area contributed by atoms with Crippen LogP contribution < -0.4 is 10.0 Å². The molecule has 6 heteroatoms. The van der Waals surface area contributed by atoms with Gasteiger partial charge in [0, 0.05) is 12.6 Å². The minimum absolute atomic E-state index is 0.325. The molecule has 0 radical (unpaired) electrons. The number of nitrogens with zero attached hydrogens (tertiary/aromatic N) is 3. The van der Waals surface area contributed by atoms with Crippen molar-refractivity contribution >= 4 is 23.4 Å². The van der Waals surface area contributed by atoms with E-state index in [9.17, 15) is 9.90 Å². The van der Waals surface area contributed by atoms with E-state index in [2.05, 4.69) is 9.97 Å². The molecule has 0 aromatic carbocycles. The Bertz CT molecular complexity index is 404. The lowest BCUT2D eigenvalue weighted by Gasteiger charge is -2.26. The monoisotopic (exact) mass is 240 g/mol. The van der Waals surface area contributed by atoms with E-state index in [1.807, 2.05) is 0 Å². The average molecular weight is 241 g/mol. The number of aliphatic carboxylic acids is 1. The maximum Gasteiger partial charge on any atom is 0.134 e. The zero-order valence-electron chi connectivity index (χ0n) is 8.81. The standard InChI is InChI=1S/C10H12ClN3O2/c1-6-12-8(11)5-9(13-6)14-4-2-3-7(14)10(15)16/h5,7H,2-4H2,1H3,(H,15,16)/p-1/t7-/m1/s1. The van der Waals surface area contributed by atoms with E-state index >= 15 is 0 Å². The zero-order chi connectivity index (χ0) is 11.7. The first kappa shape index (κ1) is 11.1. The number of carboxylic acids is 1. The number of rotatable bonds is 2. The Morgan fingerprint density at radius 1 is 1.62 bits per heavy atom. The summed E-state index contributed by atoms with van der Waals surface area (Å²) in [6.07, 6.45) is 1.41. The Balaban J connectivity index is 2.32. The molecule has 0 N–H and O–H groups in total. The van der Waals surface area contributed by atoms with E-state index < -0.39 is 12.0 Å². The highest BCUT2D eigenvalue weighted by molar-refractivity contribution is 6.29. The van der Waals surface area contributed by atoms with Gasteiger partial charge >= 0.3 is 0 Å². The molecule has 1 aliphatic rings. The quantitative estimate of drug-likeness (QED) is 0.689. The molecule has 1 aromatic rings. The van der Waals surface area contributed by atoms with Crippen molar-refractivity contribution in [2.45, 2.75) is 25.8 Å². The molecule has 1 atom stereocenters. The molecule has 1 fully saturated rings. The highest BCUT2D eigenvalue weighted by Gasteiger charge is 2.26. The number of hydrogen-bond donors (Lipinski definition) is 0. The van der Waals surface area contributed by atoms with Crippen molar-refractivity contribution in [3.05, 3.63) is 17.0 Å². The molecule has 86 valence electrons. The fraction of sp³-hybridized carbons (Fsp3) is 0.500. The predicted octanol–water partition coefficient (Wildman–Crippen LogP) is 0.157. The topological polar surface area (TPSA) is 69.2 Å². The van der Waals surface area contributed by atoms with Crippen LogP contribution in [0.15, 0.2) is 6.07 Å². The maximum absolute atomic E-state index is 10.9. The van der Waals surface area contributed by atoms with Crippen LogP contribution in [0.1, 0.15) is 18.7 Å². The second-order valence-corrected chi connectivity index (χ2v) is 4.15. The molecule has 0 aliphatic carbocycles. The third-order valence-electron chi connectivity index (χ3n) is 2.61. The molecule has 0 spiro atoms. The molecule has 2 heterocycles. The molecule has 0 unspecified atom stereocenters. The van der Waals surface area contributed by atoms with Crippen LogP contribution in [0.2, 0.25) is 5.15 Å². The highest BCUT2D eigenvalue weighted by atomic mass is 35.5. The first-order valence-electron chi connectivity index (χ1n) is 5.06. The number of hydrogen-bond acceptors (Lipinski definition) is 5. The lowest BCUT2D eigenvalue weighted by atomic mass is 10.2. The van der Waals surface area contributed by atoms with Gasteiger partial charge in [-0.05, 0) is 19.8 Å². The van der Waals surface area contributed by atoms with Gasteiger partial charge in [0.15, 0.2) is 0 Å². The van der Waals surface area contributed by atoms with Gasteiger partial charge in [0.1, 0.15) is 16.8 Å². The van der Waals surface area contributed by atoms with Gasteiger partial charge < -0.3 is 14.8 Å². The normalized spacial score (nSPS) is 20.1. The Morgan fingerprint density at radius 2 is 2.38 bits per heavy atom. The number of carboxylic acid groups (broad SMARTS) is 1. The summed E-state index contributed by atoms with van der Waals surface area (Å²) in [4.78, 5) is 20.8. The van der Waals surface area contributed by atoms with Gasteiger partial charge in [0.25, 0.3) is 0 Å². The summed E-state index contributed by atoms with van der Waals surface area (Å²) in [6.45, 7) is 2.38. The van der Waals surface area contributed by atoms with Crippen molar-refractivity contribution in [3.63, 3.8) is 0 Å². The molecule has 1 aliphatic heterocycles. The third kappa shape index (κ3) is 2.09. The average Bonchev–Trinajstić information content (AvgIpc) is 2.63. The van der Waals surface area contributed by atoms with Gasteiger partial charge in [-0.3, -0.25) is 0 Å². The summed E-state index contributed by atoms with van der Waals surface area (Å²) in [5.74, 6) is 0.0283. The van der Waals surface area contributed by atoms with Crippen molar-refractivity contribution in [2.75, 3.05) is 11.4 Å². The van der Waals surface area contributed by atoms with Crippen LogP contribution in [0.4, 0.5) is 5.82 Å². The van der Waals surface area contributed by atoms with E-state index in [1.165, 1.54) is 0 Å². The molecule has 0 bridgehead atoms. The Hall–Kier alpha value is -1.36. The van der Waals surface area contributed by atoms with Gasteiger partial charge in [-0.2, -0.15) is 0 Å². The Kier molecular flexibility index (Phi) is 2.96. The van der Waals surface area contributed by atoms with Crippen LogP contribution in [0.5, 0.6) is 0 Å². The SMILES string of the molecule is Cc1nc(Cl)cc(N2CCC[C@@H]2C(=O)[O-])n1. The second kappa shape index (κ2) is 4.25. The fourth-order valence-electron chi connectivity index (χ4n) is 1.95. The minimum Gasteiger partial charge on any atom is -0.548 e. The summed E-state index contributed by atoms with van der Waals surface area (Å²) in [7, 11) is 0. The van der Waals surface area contributed by atoms with Gasteiger partial charge in [-0.15, -0.1) is 0 Å². The molecule has 1 aromatic heterocycles. The molecule has 5 nitrogen and oxygen atoms in total. The highest BCUT2D eigenvalue weighted by Crippen LogP contribution is 2.25. The molecule has 0 amide bonds. The Morgan fingerprint density at radius 3 is 3.00 bits per heavy atom. The lowest BCUT2D eigenvalue weighted by molar-refractivity contribution is -0.307. The summed E-state index contributed by atoms with van der Waals surface area (Å²) in [6, 6.07) is 0.973. The Labute approximate surface area is 98.1 Å². The summed E-state index contributed by atoms with van der Waals surface area (Å²) >= 11 is 5.82. The fourth-order valence-corrected chi connectivity index (χ4v) is 2.17. The molecular weight excluding hydrogens is 230 g/mol. The number of aromatic nitrogens is 2. The maximum atomic E-state index is 10.9. The largest absolute Gasteiger partial charge is 0.548 e. The second-order valence-electron chi connectivity index (χ2n) is 3.77. The number of halogens is 1. The van der Waals surface area contributed by atoms with Gasteiger partial charge in [0.05, 0.1) is 12.0 Å². The van der Waals surface area contributed by atoms with E-state index in [1.54, 1.807) is 17.9 Å². The van der Waals surface area contributed by atoms with Gasteiger partial charge in [-0.25, -0.2) is 9.97 Å². The summed E-state index contributed by atoms with van der Waals surface area (Å²) < 4.78 is 0. The summed E-state index contributed by atoms with van der Waals surface area (Å²) in [5, 5.41) is 11.3. The van der Waals surface area contributed by atoms with Crippen LogP contribution in [-0.2, 0) is 4.79 Å². The third-order valence-corrected chi connectivity index (χ3v) is 2.81. The first-order chi connectivity index (χ1) is 7.58. The number of carbonyl (C=O) groups excluding carboxylic acids is 1. The zero-order valence-corrected chi connectivity index (χ0v) is 9.57. The van der Waals surface area contributed by atoms with Crippen LogP contribution >= 0.6 is 11.6 Å². The van der Waals surface area contributed by atoms with E-state index in [0.29, 0.717) is 29.8 Å². The predicted molar refractivity (Wildman–Crippen MR) is 57.2 cm³/mol. The van der Waals surface area contributed by atoms with Crippen molar-refractivity contribution in [1.29, 1.82) is 0 Å². The molecule has 16 heavy (non-hydrogen) atoms. The van der Waals surface area contributed by atoms with Gasteiger partial charge in [-0.1, -0.05) is 11.6 Å². The van der Waals surface area contributed by atoms with Crippen molar-refractivity contribution in [1.82, 2.24) is 9.97 Å². The minimum atomic E-state index is -1.06. The number of carbonyl (C=O) groups is 1. The van der Waals surface area contributed by atoms with E-state index in [-0.39, 0.29) is 0 Å². The molecule has 1 saturated heterocycles. The molecule has 2 rings (SSSR count). The number of aryl methyl sites for hydroxylation is 1. The van der Waals surface area contributed by atoms with E-state index in [4.69, 9.17) is 11.6 Å². The lowest BCUT2D eigenvalue weighted by Crippen LogP contribution is -2.44. The smallest absolute Gasteiger partial charge is 0.134 e. The van der Waals surface area contributed by atoms with E-state index in [0.717, 1.165) is 6.42 Å². The van der Waals surface area contributed by atoms with Crippen LogP contribution in [0.25, 0.3) is 0 Å². The summed E-state index contributed by atoms with van der Waals surface area (Å²) in [5.41, 5.74) is 0. The van der Waals surface area contributed by atoms with Gasteiger partial charge in [0.2, 0.25) is 0 Å². The van der Waals surface area contributed by atoms with Crippen LogP contribution in [0, 0.1) is 6.92 Å².